The SMILES string of the molecule is C=C=CC(C)CC(/C=C\C(N)=N\C=C/C=C)=C/C. The first-order valence-electron chi connectivity index (χ1n) is 5.94. The molecule has 0 rings (SSSR count). The van der Waals surface area contributed by atoms with Gasteiger partial charge in [0.1, 0.15) is 5.84 Å². The molecule has 0 bridgehead atoms. The van der Waals surface area contributed by atoms with Gasteiger partial charge in [0, 0.05) is 6.20 Å². The van der Waals surface area contributed by atoms with E-state index in [0.29, 0.717) is 11.8 Å². The first-order chi connectivity index (χ1) is 8.63. The third-order valence-electron chi connectivity index (χ3n) is 2.24. The molecule has 96 valence electrons. The van der Waals surface area contributed by atoms with E-state index in [4.69, 9.17) is 5.73 Å². The highest BCUT2D eigenvalue weighted by Crippen LogP contribution is 2.13. The van der Waals surface area contributed by atoms with Gasteiger partial charge in [-0.25, -0.2) is 4.99 Å². The van der Waals surface area contributed by atoms with Crippen LogP contribution in [0.2, 0.25) is 0 Å². The molecule has 0 spiro atoms. The Morgan fingerprint density at radius 1 is 1.44 bits per heavy atom. The number of allylic oxidation sites excluding steroid dienone is 6. The summed E-state index contributed by atoms with van der Waals surface area (Å²) in [5.41, 5.74) is 9.74. The van der Waals surface area contributed by atoms with E-state index in [9.17, 15) is 0 Å². The maximum atomic E-state index is 5.73. The van der Waals surface area contributed by atoms with E-state index in [-0.39, 0.29) is 0 Å². The number of nitrogens with zero attached hydrogens (tertiary/aromatic N) is 1. The average Bonchev–Trinajstić information content (AvgIpc) is 2.35. The Balaban J connectivity index is 4.54. The van der Waals surface area contributed by atoms with Crippen molar-refractivity contribution in [3.05, 3.63) is 67.1 Å². The molecule has 0 amide bonds. The minimum absolute atomic E-state index is 0.414. The van der Waals surface area contributed by atoms with E-state index in [1.807, 2.05) is 19.1 Å². The average molecular weight is 242 g/mol. The molecule has 0 saturated carbocycles. The lowest BCUT2D eigenvalue weighted by molar-refractivity contribution is 0.727. The second-order valence-electron chi connectivity index (χ2n) is 3.88. The van der Waals surface area contributed by atoms with Crippen LogP contribution in [0.3, 0.4) is 0 Å². The molecule has 1 unspecified atom stereocenters. The lowest BCUT2D eigenvalue weighted by atomic mass is 10.0. The van der Waals surface area contributed by atoms with Gasteiger partial charge in [-0.05, 0) is 37.5 Å². The fourth-order valence-corrected chi connectivity index (χ4v) is 1.34. The van der Waals surface area contributed by atoms with Crippen LogP contribution >= 0.6 is 0 Å². The molecular weight excluding hydrogens is 220 g/mol. The van der Waals surface area contributed by atoms with Crippen molar-refractivity contribution in [3.8, 4) is 0 Å². The summed E-state index contributed by atoms with van der Waals surface area (Å²) in [4.78, 5) is 4.03. The van der Waals surface area contributed by atoms with Crippen LogP contribution in [-0.2, 0) is 0 Å². The summed E-state index contributed by atoms with van der Waals surface area (Å²) in [6.07, 6.45) is 13.7. The molecule has 0 aromatic rings. The molecule has 0 aliphatic rings. The maximum absolute atomic E-state index is 5.73. The molecule has 2 N–H and O–H groups in total. The number of hydrogen-bond donors (Lipinski definition) is 1. The summed E-state index contributed by atoms with van der Waals surface area (Å²) < 4.78 is 0. The van der Waals surface area contributed by atoms with Crippen LogP contribution in [0, 0.1) is 5.92 Å². The minimum atomic E-state index is 0.414. The molecule has 0 aromatic carbocycles. The molecule has 0 fully saturated rings. The first-order valence-corrected chi connectivity index (χ1v) is 5.94. The van der Waals surface area contributed by atoms with E-state index in [0.717, 1.165) is 6.42 Å². The quantitative estimate of drug-likeness (QED) is 0.312. The number of nitrogens with two attached hydrogens (primary N) is 1. The predicted molar refractivity (Wildman–Crippen MR) is 81.3 cm³/mol. The van der Waals surface area contributed by atoms with Gasteiger partial charge in [0.2, 0.25) is 0 Å². The van der Waals surface area contributed by atoms with Gasteiger partial charge >= 0.3 is 0 Å². The topological polar surface area (TPSA) is 38.4 Å². The van der Waals surface area contributed by atoms with Crippen LogP contribution in [0.1, 0.15) is 20.3 Å². The Labute approximate surface area is 110 Å². The van der Waals surface area contributed by atoms with E-state index in [2.05, 4.69) is 36.9 Å². The van der Waals surface area contributed by atoms with Gasteiger partial charge in [-0.2, -0.15) is 0 Å². The molecule has 18 heavy (non-hydrogen) atoms. The molecule has 0 saturated heterocycles. The van der Waals surface area contributed by atoms with Crippen molar-refractivity contribution in [1.82, 2.24) is 0 Å². The molecule has 0 aromatic heterocycles. The van der Waals surface area contributed by atoms with Gasteiger partial charge in [-0.15, -0.1) is 5.73 Å². The molecule has 1 atom stereocenters. The van der Waals surface area contributed by atoms with Crippen LogP contribution in [0.25, 0.3) is 0 Å². The number of hydrogen-bond acceptors (Lipinski definition) is 1. The molecule has 0 aliphatic heterocycles. The van der Waals surface area contributed by atoms with Crippen LogP contribution in [-0.4, -0.2) is 5.84 Å². The number of amidine groups is 1. The summed E-state index contributed by atoms with van der Waals surface area (Å²) in [7, 11) is 0. The van der Waals surface area contributed by atoms with Crippen LogP contribution in [0.4, 0.5) is 0 Å². The van der Waals surface area contributed by atoms with Gasteiger partial charge in [-0.3, -0.25) is 0 Å². The number of aliphatic imine (C=N–C) groups is 1. The normalized spacial score (nSPS) is 14.8. The Morgan fingerprint density at radius 2 is 2.17 bits per heavy atom. The van der Waals surface area contributed by atoms with Gasteiger partial charge in [0.25, 0.3) is 0 Å². The largest absolute Gasteiger partial charge is 0.384 e. The molecular formula is C16H22N2. The highest BCUT2D eigenvalue weighted by Gasteiger charge is 1.99. The maximum Gasteiger partial charge on any atom is 0.123 e. The third kappa shape index (κ3) is 8.14. The summed E-state index contributed by atoms with van der Waals surface area (Å²) >= 11 is 0. The zero-order chi connectivity index (χ0) is 13.8. The van der Waals surface area contributed by atoms with Crippen molar-refractivity contribution >= 4 is 5.84 Å². The van der Waals surface area contributed by atoms with Gasteiger partial charge < -0.3 is 5.73 Å². The van der Waals surface area contributed by atoms with E-state index >= 15 is 0 Å². The van der Waals surface area contributed by atoms with Crippen molar-refractivity contribution < 1.29 is 0 Å². The smallest absolute Gasteiger partial charge is 0.123 e. The Kier molecular flexibility index (Phi) is 8.97. The fourth-order valence-electron chi connectivity index (χ4n) is 1.34. The minimum Gasteiger partial charge on any atom is -0.384 e. The van der Waals surface area contributed by atoms with Crippen LogP contribution < -0.4 is 5.73 Å². The summed E-state index contributed by atoms with van der Waals surface area (Å²) in [6, 6.07) is 0. The third-order valence-corrected chi connectivity index (χ3v) is 2.24. The lowest BCUT2D eigenvalue weighted by Crippen LogP contribution is -2.06. The van der Waals surface area contributed by atoms with Crippen molar-refractivity contribution in [2.45, 2.75) is 20.3 Å². The Bertz CT molecular complexity index is 416. The predicted octanol–water partition coefficient (Wildman–Crippen LogP) is 3.91. The zero-order valence-corrected chi connectivity index (χ0v) is 11.3. The Hall–Kier alpha value is -2.05. The second kappa shape index (κ2) is 10.1. The van der Waals surface area contributed by atoms with Crippen LogP contribution in [0.5, 0.6) is 0 Å². The lowest BCUT2D eigenvalue weighted by Gasteiger charge is -2.05. The van der Waals surface area contributed by atoms with Crippen molar-refractivity contribution in [1.29, 1.82) is 0 Å². The molecule has 0 radical (unpaired) electrons. The zero-order valence-electron chi connectivity index (χ0n) is 11.3. The van der Waals surface area contributed by atoms with Gasteiger partial charge in [0.05, 0.1) is 0 Å². The van der Waals surface area contributed by atoms with Crippen molar-refractivity contribution in [2.75, 3.05) is 0 Å². The van der Waals surface area contributed by atoms with E-state index < -0.39 is 0 Å². The first kappa shape index (κ1) is 16.0. The summed E-state index contributed by atoms with van der Waals surface area (Å²) in [5.74, 6) is 0.886. The fraction of sp³-hybridized carbons (Fsp3) is 0.250. The Morgan fingerprint density at radius 3 is 2.72 bits per heavy atom. The summed E-state index contributed by atoms with van der Waals surface area (Å²) in [6.45, 7) is 11.3. The van der Waals surface area contributed by atoms with Crippen molar-refractivity contribution in [3.63, 3.8) is 0 Å². The highest BCUT2D eigenvalue weighted by molar-refractivity contribution is 5.92. The highest BCUT2D eigenvalue weighted by atomic mass is 14.8. The second-order valence-corrected chi connectivity index (χ2v) is 3.88. The standard InChI is InChI=1S/C16H22N2/c1-5-8-12-18-16(17)11-10-15(7-3)13-14(4)9-6-2/h5,7-12,14H,1-2,13H2,3-4H3,(H2,17,18)/b11-10-,12-8-,15-7+. The van der Waals surface area contributed by atoms with Gasteiger partial charge in [0.15, 0.2) is 0 Å². The molecule has 0 aliphatic carbocycles. The van der Waals surface area contributed by atoms with Crippen LogP contribution in [0.15, 0.2) is 72.1 Å². The number of rotatable bonds is 7. The molecule has 2 nitrogen and oxygen atoms in total. The van der Waals surface area contributed by atoms with E-state index in [1.54, 1.807) is 24.4 Å². The molecule has 2 heteroatoms. The molecule has 0 heterocycles. The van der Waals surface area contributed by atoms with Gasteiger partial charge in [-0.1, -0.05) is 43.9 Å². The monoisotopic (exact) mass is 242 g/mol. The van der Waals surface area contributed by atoms with E-state index in [1.165, 1.54) is 5.57 Å². The van der Waals surface area contributed by atoms with Crippen molar-refractivity contribution in [2.24, 2.45) is 16.6 Å². The summed E-state index contributed by atoms with van der Waals surface area (Å²) in [5, 5.41) is 0.